The number of nitrogens with one attached hydrogen (secondary N) is 1. The number of halogens is 1. The summed E-state index contributed by atoms with van der Waals surface area (Å²) < 4.78 is 0. The van der Waals surface area contributed by atoms with Gasteiger partial charge in [0.2, 0.25) is 5.91 Å². The van der Waals surface area contributed by atoms with Crippen LogP contribution in [-0.2, 0) is 11.3 Å². The fraction of sp³-hybridized carbons (Fsp3) is 0.353. The first-order chi connectivity index (χ1) is 11.2. The first-order valence-electron chi connectivity index (χ1n) is 7.76. The zero-order chi connectivity index (χ0) is 15.8. The van der Waals surface area contributed by atoms with Crippen molar-refractivity contribution in [2.45, 2.75) is 19.0 Å². The molecule has 0 saturated carbocycles. The average molecular weight is 329 g/mol. The summed E-state index contributed by atoms with van der Waals surface area (Å²) in [5, 5.41) is 3.75. The molecule has 23 heavy (non-hydrogen) atoms. The van der Waals surface area contributed by atoms with E-state index in [1.807, 2.05) is 36.7 Å². The highest BCUT2D eigenvalue weighted by Crippen LogP contribution is 2.26. The van der Waals surface area contributed by atoms with Crippen molar-refractivity contribution in [3.05, 3.63) is 47.2 Å². The van der Waals surface area contributed by atoms with Crippen molar-refractivity contribution in [3.8, 4) is 11.4 Å². The maximum atomic E-state index is 11.4. The highest BCUT2D eigenvalue weighted by Gasteiger charge is 2.39. The molecule has 1 N–H and O–H groups in total. The Bertz CT molecular complexity index is 700. The Kier molecular flexibility index (Phi) is 3.75. The topological polar surface area (TPSA) is 58.1 Å². The first-order valence-corrected chi connectivity index (χ1v) is 8.14. The summed E-state index contributed by atoms with van der Waals surface area (Å²) in [5.74, 6) is 1.35. The number of amides is 1. The lowest BCUT2D eigenvalue weighted by Crippen LogP contribution is -2.32. The van der Waals surface area contributed by atoms with Crippen LogP contribution >= 0.6 is 11.6 Å². The Balaban J connectivity index is 1.41. The van der Waals surface area contributed by atoms with Crippen molar-refractivity contribution in [3.63, 3.8) is 0 Å². The van der Waals surface area contributed by atoms with Gasteiger partial charge < -0.3 is 5.32 Å². The van der Waals surface area contributed by atoms with Gasteiger partial charge in [0.1, 0.15) is 0 Å². The molecule has 0 unspecified atom stereocenters. The summed E-state index contributed by atoms with van der Waals surface area (Å²) in [7, 11) is 0. The van der Waals surface area contributed by atoms with Crippen LogP contribution in [0.2, 0.25) is 5.02 Å². The Morgan fingerprint density at radius 2 is 1.91 bits per heavy atom. The van der Waals surface area contributed by atoms with Crippen molar-refractivity contribution in [1.82, 2.24) is 20.2 Å². The normalized spacial score (nSPS) is 23.8. The lowest BCUT2D eigenvalue weighted by atomic mass is 10.1. The smallest absolute Gasteiger partial charge is 0.220 e. The summed E-state index contributed by atoms with van der Waals surface area (Å²) in [6, 6.07) is 7.83. The third-order valence-electron chi connectivity index (χ3n) is 4.52. The fourth-order valence-electron chi connectivity index (χ4n) is 3.41. The van der Waals surface area contributed by atoms with Gasteiger partial charge in [0.25, 0.3) is 0 Å². The van der Waals surface area contributed by atoms with E-state index < -0.39 is 0 Å². The van der Waals surface area contributed by atoms with Crippen LogP contribution in [0.3, 0.4) is 0 Å². The molecule has 0 spiro atoms. The van der Waals surface area contributed by atoms with E-state index in [9.17, 15) is 4.79 Å². The van der Waals surface area contributed by atoms with Gasteiger partial charge in [0.15, 0.2) is 5.82 Å². The van der Waals surface area contributed by atoms with E-state index >= 15 is 0 Å². The van der Waals surface area contributed by atoms with Gasteiger partial charge in [-0.05, 0) is 24.3 Å². The van der Waals surface area contributed by atoms with Crippen LogP contribution in [0.4, 0.5) is 0 Å². The number of likely N-dealkylation sites (tertiary alicyclic amines) is 1. The number of carbonyl (C=O) groups is 1. The van der Waals surface area contributed by atoms with Crippen LogP contribution in [0.5, 0.6) is 0 Å². The summed E-state index contributed by atoms with van der Waals surface area (Å²) in [5.41, 5.74) is 2.05. The summed E-state index contributed by atoms with van der Waals surface area (Å²) in [4.78, 5) is 22.6. The van der Waals surface area contributed by atoms with E-state index in [-0.39, 0.29) is 5.91 Å². The average Bonchev–Trinajstić information content (AvgIpc) is 3.05. The van der Waals surface area contributed by atoms with Crippen LogP contribution in [0, 0.1) is 5.92 Å². The van der Waals surface area contributed by atoms with Gasteiger partial charge in [0.05, 0.1) is 0 Å². The fourth-order valence-corrected chi connectivity index (χ4v) is 3.53. The number of nitrogens with zero attached hydrogens (tertiary/aromatic N) is 3. The number of carbonyl (C=O) groups excluding carboxylic acids is 1. The summed E-state index contributed by atoms with van der Waals surface area (Å²) in [6.07, 6.45) is 4.42. The van der Waals surface area contributed by atoms with Crippen LogP contribution < -0.4 is 5.32 Å². The molecule has 0 bridgehead atoms. The Morgan fingerprint density at radius 1 is 1.17 bits per heavy atom. The van der Waals surface area contributed by atoms with Gasteiger partial charge in [-0.1, -0.05) is 11.6 Å². The summed E-state index contributed by atoms with van der Waals surface area (Å²) >= 11 is 5.90. The molecule has 1 amide bonds. The zero-order valence-corrected chi connectivity index (χ0v) is 13.3. The van der Waals surface area contributed by atoms with Gasteiger partial charge >= 0.3 is 0 Å². The van der Waals surface area contributed by atoms with Crippen molar-refractivity contribution < 1.29 is 4.79 Å². The highest BCUT2D eigenvalue weighted by molar-refractivity contribution is 6.30. The number of hydrogen-bond acceptors (Lipinski definition) is 4. The predicted octanol–water partition coefficient (Wildman–Crippen LogP) is 2.12. The molecule has 0 radical (unpaired) electrons. The molecule has 3 heterocycles. The van der Waals surface area contributed by atoms with E-state index in [2.05, 4.69) is 20.2 Å². The van der Waals surface area contributed by atoms with Crippen molar-refractivity contribution in [2.75, 3.05) is 13.1 Å². The van der Waals surface area contributed by atoms with Gasteiger partial charge in [-0.3, -0.25) is 9.69 Å². The summed E-state index contributed by atoms with van der Waals surface area (Å²) in [6.45, 7) is 2.70. The zero-order valence-electron chi connectivity index (χ0n) is 12.6. The minimum Gasteiger partial charge on any atom is -0.352 e. The molecular weight excluding hydrogens is 312 g/mol. The van der Waals surface area contributed by atoms with Crippen molar-refractivity contribution in [2.24, 2.45) is 5.92 Å². The van der Waals surface area contributed by atoms with E-state index in [1.165, 1.54) is 0 Å². The highest BCUT2D eigenvalue weighted by atomic mass is 35.5. The molecule has 5 nitrogen and oxygen atoms in total. The molecular formula is C17H17ClN4O. The Morgan fingerprint density at radius 3 is 2.61 bits per heavy atom. The lowest BCUT2D eigenvalue weighted by Gasteiger charge is -2.16. The van der Waals surface area contributed by atoms with Crippen LogP contribution in [0.25, 0.3) is 11.4 Å². The minimum absolute atomic E-state index is 0.190. The second-order valence-electron chi connectivity index (χ2n) is 6.25. The molecule has 4 rings (SSSR count). The SMILES string of the molecule is O=C1C[C@H]2CN(Cc3cnc(-c4ccc(Cl)cc4)nc3)C[C@H]2N1. The lowest BCUT2D eigenvalue weighted by molar-refractivity contribution is -0.119. The monoisotopic (exact) mass is 328 g/mol. The van der Waals surface area contributed by atoms with Crippen LogP contribution in [-0.4, -0.2) is 39.9 Å². The van der Waals surface area contributed by atoms with E-state index in [0.717, 1.165) is 30.8 Å². The number of rotatable bonds is 3. The minimum atomic E-state index is 0.190. The molecule has 2 fully saturated rings. The van der Waals surface area contributed by atoms with Gasteiger partial charge in [-0.15, -0.1) is 0 Å². The van der Waals surface area contributed by atoms with E-state index in [0.29, 0.717) is 29.2 Å². The second kappa shape index (κ2) is 5.91. The van der Waals surface area contributed by atoms with Gasteiger partial charge in [-0.25, -0.2) is 9.97 Å². The largest absolute Gasteiger partial charge is 0.352 e. The molecule has 2 aliphatic rings. The van der Waals surface area contributed by atoms with Crippen LogP contribution in [0.1, 0.15) is 12.0 Å². The molecule has 0 aliphatic carbocycles. The third-order valence-corrected chi connectivity index (χ3v) is 4.78. The maximum absolute atomic E-state index is 11.4. The van der Waals surface area contributed by atoms with Crippen molar-refractivity contribution in [1.29, 1.82) is 0 Å². The molecule has 1 aromatic heterocycles. The van der Waals surface area contributed by atoms with E-state index in [1.54, 1.807) is 0 Å². The number of hydrogen-bond donors (Lipinski definition) is 1. The molecule has 2 aliphatic heterocycles. The maximum Gasteiger partial charge on any atom is 0.220 e. The number of benzene rings is 1. The molecule has 1 aromatic carbocycles. The number of fused-ring (bicyclic) bond motifs is 1. The molecule has 118 valence electrons. The van der Waals surface area contributed by atoms with Gasteiger partial charge in [0, 0.05) is 66.6 Å². The van der Waals surface area contributed by atoms with Crippen molar-refractivity contribution >= 4 is 17.5 Å². The molecule has 2 atom stereocenters. The first kappa shape index (κ1) is 14.6. The quantitative estimate of drug-likeness (QED) is 0.937. The van der Waals surface area contributed by atoms with Gasteiger partial charge in [-0.2, -0.15) is 0 Å². The van der Waals surface area contributed by atoms with E-state index in [4.69, 9.17) is 11.6 Å². The van der Waals surface area contributed by atoms with Crippen LogP contribution in [0.15, 0.2) is 36.7 Å². The standard InChI is InChI=1S/C17H17ClN4O/c18-14-3-1-12(2-4-14)17-19-6-11(7-20-17)8-22-9-13-5-16(23)21-15(13)10-22/h1-4,6-7,13,15H,5,8-10H2,(H,21,23)/t13-,15+/m0/s1. The Labute approximate surface area is 139 Å². The number of aromatic nitrogens is 2. The molecule has 2 aromatic rings. The molecule has 2 saturated heterocycles. The predicted molar refractivity (Wildman–Crippen MR) is 87.8 cm³/mol. The third kappa shape index (κ3) is 3.07. The Hall–Kier alpha value is -1.98. The second-order valence-corrected chi connectivity index (χ2v) is 6.69. The molecule has 6 heteroatoms.